The third-order valence-electron chi connectivity index (χ3n) is 5.48. The molecular weight excluding hydrogens is 503 g/mol. The van der Waals surface area contributed by atoms with E-state index in [4.69, 9.17) is 4.52 Å². The van der Waals surface area contributed by atoms with E-state index in [1.807, 2.05) is 25.2 Å². The fraction of sp³-hybridized carbons (Fsp3) is 0.391. The molecule has 4 rings (SSSR count). The number of aromatic nitrogens is 3. The lowest BCUT2D eigenvalue weighted by Gasteiger charge is -2.34. The topological polar surface area (TPSA) is 79.4 Å². The molecule has 31 heavy (non-hydrogen) atoms. The van der Waals surface area contributed by atoms with Crippen molar-refractivity contribution in [2.45, 2.75) is 25.7 Å². The van der Waals surface area contributed by atoms with Crippen molar-refractivity contribution in [3.05, 3.63) is 66.1 Å². The summed E-state index contributed by atoms with van der Waals surface area (Å²) in [4.78, 5) is 15.5. The zero-order chi connectivity index (χ0) is 20.6. The van der Waals surface area contributed by atoms with Gasteiger partial charge >= 0.3 is 0 Å². The molecule has 1 saturated heterocycles. The Labute approximate surface area is 200 Å². The summed E-state index contributed by atoms with van der Waals surface area (Å²) in [5.74, 6) is 2.81. The molecule has 3 heterocycles. The molecule has 0 unspecified atom stereocenters. The maximum atomic E-state index is 5.32. The first-order valence-corrected chi connectivity index (χ1v) is 10.6. The van der Waals surface area contributed by atoms with Crippen LogP contribution in [0.5, 0.6) is 0 Å². The molecule has 2 aromatic heterocycles. The van der Waals surface area contributed by atoms with Crippen LogP contribution in [-0.2, 0) is 12.8 Å². The largest absolute Gasteiger partial charge is 0.356 e. The zero-order valence-electron chi connectivity index (χ0n) is 17.8. The lowest BCUT2D eigenvalue weighted by atomic mass is 9.90. The number of nitrogens with zero attached hydrogens (tertiary/aromatic N) is 5. The highest BCUT2D eigenvalue weighted by Gasteiger charge is 2.21. The van der Waals surface area contributed by atoms with Gasteiger partial charge in [-0.15, -0.1) is 24.0 Å². The second-order valence-corrected chi connectivity index (χ2v) is 7.57. The number of benzene rings is 1. The number of rotatable bonds is 6. The molecule has 8 heteroatoms. The first-order valence-electron chi connectivity index (χ1n) is 10.6. The fourth-order valence-corrected chi connectivity index (χ4v) is 3.86. The maximum absolute atomic E-state index is 5.32. The number of aliphatic imine (C=N–C) groups is 1. The lowest BCUT2D eigenvalue weighted by molar-refractivity contribution is 0.259. The van der Waals surface area contributed by atoms with Gasteiger partial charge in [0.15, 0.2) is 11.8 Å². The van der Waals surface area contributed by atoms with Gasteiger partial charge in [-0.25, -0.2) is 0 Å². The van der Waals surface area contributed by atoms with Crippen molar-refractivity contribution in [2.24, 2.45) is 10.9 Å². The van der Waals surface area contributed by atoms with Crippen LogP contribution >= 0.6 is 24.0 Å². The monoisotopic (exact) mass is 532 g/mol. The molecule has 0 radical (unpaired) electrons. The standard InChI is InChI=1S/C23H28N6O.HI/c1-24-23(29-15-11-19(12-16-29)17-18-7-3-2-4-8-18)26-14-10-21-27-22(30-28-21)20-9-5-6-13-25-20;/h2-9,13,19H,10-12,14-17H2,1H3,(H,24,26);1H. The molecule has 3 aromatic rings. The van der Waals surface area contributed by atoms with Crippen LogP contribution in [0.15, 0.2) is 64.2 Å². The van der Waals surface area contributed by atoms with Crippen molar-refractivity contribution in [2.75, 3.05) is 26.7 Å². The smallest absolute Gasteiger partial charge is 0.276 e. The Kier molecular flexibility index (Phi) is 8.81. The summed E-state index contributed by atoms with van der Waals surface area (Å²) in [7, 11) is 1.84. The number of halogens is 1. The van der Waals surface area contributed by atoms with Crippen molar-refractivity contribution in [1.82, 2.24) is 25.3 Å². The Morgan fingerprint density at radius 3 is 2.61 bits per heavy atom. The fourth-order valence-electron chi connectivity index (χ4n) is 3.86. The molecule has 164 valence electrons. The molecule has 0 saturated carbocycles. The van der Waals surface area contributed by atoms with Gasteiger partial charge in [-0.2, -0.15) is 4.98 Å². The van der Waals surface area contributed by atoms with Crippen LogP contribution < -0.4 is 5.32 Å². The van der Waals surface area contributed by atoms with E-state index in [0.717, 1.165) is 31.4 Å². The van der Waals surface area contributed by atoms with Crippen molar-refractivity contribution < 1.29 is 4.52 Å². The third kappa shape index (κ3) is 6.49. The Morgan fingerprint density at radius 1 is 1.13 bits per heavy atom. The van der Waals surface area contributed by atoms with Crippen LogP contribution in [0.25, 0.3) is 11.6 Å². The summed E-state index contributed by atoms with van der Waals surface area (Å²) in [5.41, 5.74) is 2.13. The van der Waals surface area contributed by atoms with E-state index in [1.54, 1.807) is 6.20 Å². The van der Waals surface area contributed by atoms with Gasteiger partial charge < -0.3 is 14.7 Å². The van der Waals surface area contributed by atoms with Crippen LogP contribution in [-0.4, -0.2) is 52.7 Å². The normalized spacial score (nSPS) is 14.9. The van der Waals surface area contributed by atoms with Crippen molar-refractivity contribution >= 4 is 29.9 Å². The minimum Gasteiger partial charge on any atom is -0.356 e. The van der Waals surface area contributed by atoms with Crippen LogP contribution in [0.2, 0.25) is 0 Å². The summed E-state index contributed by atoms with van der Waals surface area (Å²) >= 11 is 0. The molecule has 0 amide bonds. The first kappa shape index (κ1) is 23.2. The van der Waals surface area contributed by atoms with Gasteiger partial charge in [-0.3, -0.25) is 9.98 Å². The molecule has 0 atom stereocenters. The molecule has 7 nitrogen and oxygen atoms in total. The summed E-state index contributed by atoms with van der Waals surface area (Å²) < 4.78 is 5.32. The number of pyridine rings is 1. The van der Waals surface area contributed by atoms with Gasteiger partial charge in [0.1, 0.15) is 5.69 Å². The Morgan fingerprint density at radius 2 is 1.90 bits per heavy atom. The second kappa shape index (κ2) is 11.8. The Balaban J connectivity index is 0.00000272. The van der Waals surface area contributed by atoms with E-state index in [0.29, 0.717) is 30.4 Å². The maximum Gasteiger partial charge on any atom is 0.276 e. The molecule has 1 fully saturated rings. The van der Waals surface area contributed by atoms with E-state index in [1.165, 1.54) is 18.4 Å². The quantitative estimate of drug-likeness (QED) is 0.296. The summed E-state index contributed by atoms with van der Waals surface area (Å²) in [6.07, 6.45) is 5.92. The van der Waals surface area contributed by atoms with Crippen molar-refractivity contribution in [1.29, 1.82) is 0 Å². The van der Waals surface area contributed by atoms with E-state index >= 15 is 0 Å². The van der Waals surface area contributed by atoms with Crippen LogP contribution in [0.4, 0.5) is 0 Å². The molecule has 0 aliphatic carbocycles. The average Bonchev–Trinajstić information content (AvgIpc) is 3.28. The van der Waals surface area contributed by atoms with Gasteiger partial charge in [0.25, 0.3) is 5.89 Å². The average molecular weight is 532 g/mol. The van der Waals surface area contributed by atoms with E-state index in [9.17, 15) is 0 Å². The molecule has 1 aliphatic rings. The molecule has 1 N–H and O–H groups in total. The molecule has 1 aromatic carbocycles. The van der Waals surface area contributed by atoms with Crippen LogP contribution in [0.1, 0.15) is 24.2 Å². The molecule has 0 bridgehead atoms. The van der Waals surface area contributed by atoms with E-state index in [-0.39, 0.29) is 24.0 Å². The number of nitrogens with one attached hydrogen (secondary N) is 1. The number of hydrogen-bond acceptors (Lipinski definition) is 5. The second-order valence-electron chi connectivity index (χ2n) is 7.57. The highest BCUT2D eigenvalue weighted by Crippen LogP contribution is 2.21. The van der Waals surface area contributed by atoms with Gasteiger partial charge in [-0.05, 0) is 42.9 Å². The highest BCUT2D eigenvalue weighted by atomic mass is 127. The Hall–Kier alpha value is -2.49. The van der Waals surface area contributed by atoms with Crippen molar-refractivity contribution in [3.63, 3.8) is 0 Å². The van der Waals surface area contributed by atoms with Gasteiger partial charge in [0.2, 0.25) is 0 Å². The number of hydrogen-bond donors (Lipinski definition) is 1. The van der Waals surface area contributed by atoms with Crippen molar-refractivity contribution in [3.8, 4) is 11.6 Å². The summed E-state index contributed by atoms with van der Waals surface area (Å²) in [5, 5.41) is 7.50. The van der Waals surface area contributed by atoms with E-state index in [2.05, 4.69) is 60.7 Å². The zero-order valence-corrected chi connectivity index (χ0v) is 20.1. The van der Waals surface area contributed by atoms with Gasteiger partial charge in [0, 0.05) is 39.3 Å². The minimum absolute atomic E-state index is 0. The lowest BCUT2D eigenvalue weighted by Crippen LogP contribution is -2.46. The minimum atomic E-state index is 0. The van der Waals surface area contributed by atoms with Crippen LogP contribution in [0, 0.1) is 5.92 Å². The molecule has 1 aliphatic heterocycles. The van der Waals surface area contributed by atoms with E-state index < -0.39 is 0 Å². The SMILES string of the molecule is CN=C(NCCc1noc(-c2ccccn2)n1)N1CCC(Cc2ccccc2)CC1.I. The number of likely N-dealkylation sites (tertiary alicyclic amines) is 1. The highest BCUT2D eigenvalue weighted by molar-refractivity contribution is 14.0. The molecule has 0 spiro atoms. The predicted octanol–water partition coefficient (Wildman–Crippen LogP) is 3.82. The summed E-state index contributed by atoms with van der Waals surface area (Å²) in [6.45, 7) is 2.77. The third-order valence-corrected chi connectivity index (χ3v) is 5.48. The predicted molar refractivity (Wildman–Crippen MR) is 132 cm³/mol. The first-order chi connectivity index (χ1) is 14.8. The number of piperidine rings is 1. The van der Waals surface area contributed by atoms with Gasteiger partial charge in [0.05, 0.1) is 0 Å². The van der Waals surface area contributed by atoms with Crippen LogP contribution in [0.3, 0.4) is 0 Å². The number of guanidine groups is 1. The molecular formula is C23H29IN6O. The van der Waals surface area contributed by atoms with Gasteiger partial charge in [-0.1, -0.05) is 41.6 Å². The Bertz CT molecular complexity index is 939. The summed E-state index contributed by atoms with van der Waals surface area (Å²) in [6, 6.07) is 16.4.